The minimum Gasteiger partial charge on any atom is -0.492 e. The Morgan fingerprint density at radius 1 is 1.09 bits per heavy atom. The van der Waals surface area contributed by atoms with Gasteiger partial charge in [0.1, 0.15) is 24.2 Å². The van der Waals surface area contributed by atoms with Gasteiger partial charge >= 0.3 is 10.4 Å². The second-order valence-corrected chi connectivity index (χ2v) is 11.4. The molecular weight excluding hydrogens is 624 g/mol. The fraction of sp³-hybridized carbons (Fsp3) is 0.200. The SMILES string of the molecule is CCOc1cc2ncc(C#N)c(Nc3ccc(OCc4ccccn4)c(Cl)c3)c2cc1NC(=O)C1=C(CN(C)C)OS(=O)(=O)O1. The van der Waals surface area contributed by atoms with Gasteiger partial charge in [0.25, 0.3) is 11.7 Å². The van der Waals surface area contributed by atoms with Crippen LogP contribution in [0.1, 0.15) is 18.2 Å². The molecule has 0 bridgehead atoms. The molecule has 2 aromatic carbocycles. The molecule has 0 spiro atoms. The number of halogens is 1. The van der Waals surface area contributed by atoms with Crippen molar-refractivity contribution in [2.45, 2.75) is 13.5 Å². The Labute approximate surface area is 264 Å². The van der Waals surface area contributed by atoms with Crippen LogP contribution in [-0.4, -0.2) is 56.4 Å². The Morgan fingerprint density at radius 2 is 1.91 bits per heavy atom. The zero-order valence-corrected chi connectivity index (χ0v) is 25.9. The molecule has 0 saturated carbocycles. The molecule has 0 fully saturated rings. The first kappa shape index (κ1) is 31.3. The summed E-state index contributed by atoms with van der Waals surface area (Å²) in [6, 6.07) is 15.9. The van der Waals surface area contributed by atoms with Gasteiger partial charge in [-0.25, -0.2) is 0 Å². The topological polar surface area (TPSA) is 165 Å². The van der Waals surface area contributed by atoms with E-state index in [1.807, 2.05) is 18.2 Å². The quantitative estimate of drug-likeness (QED) is 0.226. The number of carbonyl (C=O) groups excluding carboxylic acids is 1. The van der Waals surface area contributed by atoms with E-state index in [4.69, 9.17) is 29.4 Å². The molecule has 0 unspecified atom stereocenters. The fourth-order valence-corrected chi connectivity index (χ4v) is 5.36. The van der Waals surface area contributed by atoms with Gasteiger partial charge in [-0.05, 0) is 57.4 Å². The molecule has 0 atom stereocenters. The van der Waals surface area contributed by atoms with Crippen molar-refractivity contribution in [3.8, 4) is 17.6 Å². The van der Waals surface area contributed by atoms with E-state index < -0.39 is 22.1 Å². The maximum Gasteiger partial charge on any atom is 0.501 e. The van der Waals surface area contributed by atoms with Crippen LogP contribution in [0.3, 0.4) is 0 Å². The zero-order valence-electron chi connectivity index (χ0n) is 24.3. The number of nitrogens with one attached hydrogen (secondary N) is 2. The van der Waals surface area contributed by atoms with Crippen LogP contribution in [0.15, 0.2) is 72.4 Å². The van der Waals surface area contributed by atoms with Crippen LogP contribution in [0.25, 0.3) is 10.9 Å². The van der Waals surface area contributed by atoms with Crippen LogP contribution >= 0.6 is 11.6 Å². The first-order valence-electron chi connectivity index (χ1n) is 13.5. The predicted molar refractivity (Wildman–Crippen MR) is 166 cm³/mol. The number of nitrogens with zero attached hydrogens (tertiary/aromatic N) is 4. The van der Waals surface area contributed by atoms with Crippen LogP contribution in [0, 0.1) is 11.3 Å². The average Bonchev–Trinajstić information content (AvgIpc) is 3.31. The van der Waals surface area contributed by atoms with Crippen LogP contribution in [-0.2, 0) is 30.2 Å². The number of anilines is 3. The number of rotatable bonds is 11. The summed E-state index contributed by atoms with van der Waals surface area (Å²) in [6.45, 7) is 2.25. The molecule has 13 nitrogen and oxygen atoms in total. The minimum absolute atomic E-state index is 0.00290. The van der Waals surface area contributed by atoms with Gasteiger partial charge in [-0.1, -0.05) is 17.7 Å². The first-order chi connectivity index (χ1) is 21.6. The van der Waals surface area contributed by atoms with Gasteiger partial charge in [0.05, 0.1) is 46.3 Å². The van der Waals surface area contributed by atoms with E-state index in [-0.39, 0.29) is 42.5 Å². The first-order valence-corrected chi connectivity index (χ1v) is 15.2. The lowest BCUT2D eigenvalue weighted by Crippen LogP contribution is -2.20. The normalized spacial score (nSPS) is 13.6. The van der Waals surface area contributed by atoms with Crippen LogP contribution in [0.5, 0.6) is 11.5 Å². The molecule has 5 rings (SSSR count). The summed E-state index contributed by atoms with van der Waals surface area (Å²) in [4.78, 5) is 23.5. The standard InChI is InChI=1S/C30H27ClN6O7S/c1-4-41-26-13-23-21(12-24(26)36-30(38)29-27(16-37(2)3)43-45(39,40)44-29)28(18(14-32)15-34-23)35-19-8-9-25(22(31)11-19)42-17-20-7-5-6-10-33-20/h5-13,15H,4,16-17H2,1-3H3,(H,34,35)(H,36,38). The number of nitriles is 1. The summed E-state index contributed by atoms with van der Waals surface area (Å²) >= 11 is 6.52. The lowest BCUT2D eigenvalue weighted by atomic mass is 10.1. The highest BCUT2D eigenvalue weighted by atomic mass is 35.5. The van der Waals surface area contributed by atoms with Crippen molar-refractivity contribution >= 4 is 55.9 Å². The third-order valence-electron chi connectivity index (χ3n) is 6.25. The molecular formula is C30H27ClN6O7S. The highest BCUT2D eigenvalue weighted by molar-refractivity contribution is 7.82. The van der Waals surface area contributed by atoms with Crippen molar-refractivity contribution in [3.05, 3.63) is 88.7 Å². The maximum atomic E-state index is 13.3. The van der Waals surface area contributed by atoms with Crippen molar-refractivity contribution in [3.63, 3.8) is 0 Å². The number of aromatic nitrogens is 2. The summed E-state index contributed by atoms with van der Waals surface area (Å²) in [7, 11) is -1.07. The maximum absolute atomic E-state index is 13.3. The molecule has 0 aliphatic carbocycles. The molecule has 0 radical (unpaired) electrons. The Kier molecular flexibility index (Phi) is 9.24. The number of pyridine rings is 2. The van der Waals surface area contributed by atoms with Crippen LogP contribution in [0.4, 0.5) is 17.1 Å². The highest BCUT2D eigenvalue weighted by Crippen LogP contribution is 2.38. The molecule has 0 saturated heterocycles. The summed E-state index contributed by atoms with van der Waals surface area (Å²) < 4.78 is 45.3. The van der Waals surface area contributed by atoms with Crippen molar-refractivity contribution in [2.75, 3.05) is 37.9 Å². The third kappa shape index (κ3) is 7.35. The second kappa shape index (κ2) is 13.3. The minimum atomic E-state index is -4.43. The molecule has 1 aliphatic rings. The summed E-state index contributed by atoms with van der Waals surface area (Å²) in [6.07, 6.45) is 3.09. The van der Waals surface area contributed by atoms with Gasteiger partial charge in [0.15, 0.2) is 5.76 Å². The van der Waals surface area contributed by atoms with Gasteiger partial charge in [-0.2, -0.15) is 5.26 Å². The number of likely N-dealkylation sites (N-methyl/N-ethyl adjacent to an activating group) is 1. The van der Waals surface area contributed by atoms with E-state index in [1.54, 1.807) is 62.4 Å². The van der Waals surface area contributed by atoms with Gasteiger partial charge < -0.3 is 33.4 Å². The third-order valence-corrected chi connectivity index (χ3v) is 7.32. The lowest BCUT2D eigenvalue weighted by Gasteiger charge is -2.17. The summed E-state index contributed by atoms with van der Waals surface area (Å²) in [5, 5.41) is 16.6. The van der Waals surface area contributed by atoms with Crippen molar-refractivity contribution in [1.82, 2.24) is 14.9 Å². The van der Waals surface area contributed by atoms with Gasteiger partial charge in [-0.3, -0.25) is 14.8 Å². The van der Waals surface area contributed by atoms with E-state index in [0.29, 0.717) is 33.0 Å². The Hall–Kier alpha value is -5.10. The van der Waals surface area contributed by atoms with E-state index in [1.165, 1.54) is 6.20 Å². The van der Waals surface area contributed by atoms with E-state index in [2.05, 4.69) is 26.7 Å². The Morgan fingerprint density at radius 3 is 2.60 bits per heavy atom. The summed E-state index contributed by atoms with van der Waals surface area (Å²) in [5.74, 6) is -0.844. The van der Waals surface area contributed by atoms with Gasteiger partial charge in [0, 0.05) is 29.5 Å². The number of hydrogen-bond donors (Lipinski definition) is 2. The van der Waals surface area contributed by atoms with Gasteiger partial charge in [0.2, 0.25) is 0 Å². The molecule has 1 aliphatic heterocycles. The fourth-order valence-electron chi connectivity index (χ4n) is 4.34. The number of benzene rings is 2. The monoisotopic (exact) mass is 650 g/mol. The van der Waals surface area contributed by atoms with Crippen LogP contribution < -0.4 is 20.1 Å². The average molecular weight is 651 g/mol. The molecule has 2 aromatic heterocycles. The number of hydrogen-bond acceptors (Lipinski definition) is 12. The zero-order chi connectivity index (χ0) is 32.1. The predicted octanol–water partition coefficient (Wildman–Crippen LogP) is 4.88. The Balaban J connectivity index is 1.48. The molecule has 15 heteroatoms. The largest absolute Gasteiger partial charge is 0.501 e. The van der Waals surface area contributed by atoms with E-state index >= 15 is 0 Å². The van der Waals surface area contributed by atoms with Crippen molar-refractivity contribution in [2.24, 2.45) is 0 Å². The molecule has 4 aromatic rings. The summed E-state index contributed by atoms with van der Waals surface area (Å²) in [5.41, 5.74) is 2.52. The van der Waals surface area contributed by atoms with Crippen molar-refractivity contribution in [1.29, 1.82) is 5.26 Å². The smallest absolute Gasteiger partial charge is 0.492 e. The Bertz CT molecular complexity index is 1950. The second-order valence-electron chi connectivity index (χ2n) is 9.86. The van der Waals surface area contributed by atoms with E-state index in [9.17, 15) is 18.5 Å². The number of carbonyl (C=O) groups is 1. The van der Waals surface area contributed by atoms with Crippen LogP contribution in [0.2, 0.25) is 5.02 Å². The lowest BCUT2D eigenvalue weighted by molar-refractivity contribution is -0.114. The molecule has 1 amide bonds. The number of amides is 1. The molecule has 2 N–H and O–H groups in total. The molecule has 45 heavy (non-hydrogen) atoms. The number of fused-ring (bicyclic) bond motifs is 1. The highest BCUT2D eigenvalue weighted by Gasteiger charge is 2.36. The molecule has 232 valence electrons. The number of ether oxygens (including phenoxy) is 2. The van der Waals surface area contributed by atoms with Gasteiger partial charge in [-0.15, -0.1) is 8.42 Å². The van der Waals surface area contributed by atoms with E-state index in [0.717, 1.165) is 5.69 Å². The van der Waals surface area contributed by atoms with Crippen molar-refractivity contribution < 1.29 is 31.1 Å². The molecule has 3 heterocycles.